The van der Waals surface area contributed by atoms with Gasteiger partial charge in [-0.25, -0.2) is 0 Å². The summed E-state index contributed by atoms with van der Waals surface area (Å²) in [5, 5.41) is 0. The molecule has 0 spiro atoms. The summed E-state index contributed by atoms with van der Waals surface area (Å²) in [5.74, 6) is 2.22. The first kappa shape index (κ1) is 9.78. The molecule has 0 saturated heterocycles. The number of thioether (sulfide) groups is 1. The van der Waals surface area contributed by atoms with E-state index in [0.717, 1.165) is 17.8 Å². The number of hydrogen-bond acceptors (Lipinski definition) is 2. The van der Waals surface area contributed by atoms with E-state index in [9.17, 15) is 4.79 Å². The molecule has 1 aromatic rings. The maximum Gasteiger partial charge on any atom is 0.150 e. The summed E-state index contributed by atoms with van der Waals surface area (Å²) >= 11 is 1.89. The average Bonchev–Trinajstić information content (AvgIpc) is 3.03. The van der Waals surface area contributed by atoms with Crippen LogP contribution in [0.1, 0.15) is 29.6 Å². The Balaban J connectivity index is 1.79. The smallest absolute Gasteiger partial charge is 0.150 e. The lowest BCUT2D eigenvalue weighted by Gasteiger charge is -2.00. The van der Waals surface area contributed by atoms with Crippen LogP contribution in [0, 0.1) is 5.92 Å². The second-order valence-corrected chi connectivity index (χ2v) is 4.94. The molecule has 1 aliphatic rings. The molecule has 2 rings (SSSR count). The van der Waals surface area contributed by atoms with Gasteiger partial charge in [0.2, 0.25) is 0 Å². The first-order valence-electron chi connectivity index (χ1n) is 5.06. The standard InChI is InChI=1S/C12H14OS/c13-9-11-3-5-12(6-4-11)14-8-7-10-1-2-10/h3-6,9-10H,1-2,7-8H2. The van der Waals surface area contributed by atoms with Gasteiger partial charge in [-0.2, -0.15) is 0 Å². The summed E-state index contributed by atoms with van der Waals surface area (Å²) in [6.07, 6.45) is 5.11. The van der Waals surface area contributed by atoms with Crippen LogP contribution in [0.2, 0.25) is 0 Å². The lowest BCUT2D eigenvalue weighted by Crippen LogP contribution is -1.83. The number of carbonyl (C=O) groups is 1. The van der Waals surface area contributed by atoms with E-state index in [1.165, 1.54) is 29.9 Å². The molecule has 0 bridgehead atoms. The highest BCUT2D eigenvalue weighted by atomic mass is 32.2. The van der Waals surface area contributed by atoms with E-state index in [0.29, 0.717) is 0 Å². The SMILES string of the molecule is O=Cc1ccc(SCCC2CC2)cc1. The van der Waals surface area contributed by atoms with Gasteiger partial charge in [0, 0.05) is 10.5 Å². The van der Waals surface area contributed by atoms with E-state index < -0.39 is 0 Å². The molecule has 0 aromatic heterocycles. The van der Waals surface area contributed by atoms with Crippen molar-refractivity contribution in [1.29, 1.82) is 0 Å². The highest BCUT2D eigenvalue weighted by Crippen LogP contribution is 2.34. The highest BCUT2D eigenvalue weighted by Gasteiger charge is 2.20. The molecule has 0 aliphatic heterocycles. The minimum absolute atomic E-state index is 0.761. The fourth-order valence-corrected chi connectivity index (χ4v) is 2.41. The van der Waals surface area contributed by atoms with Crippen LogP contribution in [0.3, 0.4) is 0 Å². The molecule has 1 saturated carbocycles. The number of hydrogen-bond donors (Lipinski definition) is 0. The third-order valence-corrected chi connectivity index (χ3v) is 3.55. The van der Waals surface area contributed by atoms with Gasteiger partial charge in [0.25, 0.3) is 0 Å². The minimum Gasteiger partial charge on any atom is -0.298 e. The Hall–Kier alpha value is -0.760. The largest absolute Gasteiger partial charge is 0.298 e. The minimum atomic E-state index is 0.761. The molecule has 0 atom stereocenters. The van der Waals surface area contributed by atoms with Gasteiger partial charge in [-0.1, -0.05) is 25.0 Å². The first-order valence-corrected chi connectivity index (χ1v) is 6.05. The van der Waals surface area contributed by atoms with Crippen molar-refractivity contribution in [3.05, 3.63) is 29.8 Å². The summed E-state index contributed by atoms with van der Waals surface area (Å²) in [6, 6.07) is 7.82. The fourth-order valence-electron chi connectivity index (χ4n) is 1.39. The van der Waals surface area contributed by atoms with Crippen LogP contribution in [0.15, 0.2) is 29.2 Å². The van der Waals surface area contributed by atoms with Crippen LogP contribution in [-0.4, -0.2) is 12.0 Å². The Morgan fingerprint density at radius 3 is 2.57 bits per heavy atom. The van der Waals surface area contributed by atoms with Crippen molar-refractivity contribution in [2.75, 3.05) is 5.75 Å². The quantitative estimate of drug-likeness (QED) is 0.542. The Kier molecular flexibility index (Phi) is 3.25. The molecule has 1 aromatic carbocycles. The van der Waals surface area contributed by atoms with Gasteiger partial charge in [0.05, 0.1) is 0 Å². The van der Waals surface area contributed by atoms with Gasteiger partial charge >= 0.3 is 0 Å². The second kappa shape index (κ2) is 4.65. The third-order valence-electron chi connectivity index (χ3n) is 2.51. The molecule has 74 valence electrons. The number of aldehydes is 1. The average molecular weight is 206 g/mol. The van der Waals surface area contributed by atoms with Crippen molar-refractivity contribution in [3.8, 4) is 0 Å². The zero-order valence-corrected chi connectivity index (χ0v) is 8.93. The highest BCUT2D eigenvalue weighted by molar-refractivity contribution is 7.99. The Labute approximate surface area is 88.9 Å². The summed E-state index contributed by atoms with van der Waals surface area (Å²) in [4.78, 5) is 11.7. The van der Waals surface area contributed by atoms with E-state index >= 15 is 0 Å². The normalized spacial score (nSPS) is 15.4. The van der Waals surface area contributed by atoms with Crippen molar-refractivity contribution in [2.45, 2.75) is 24.2 Å². The molecule has 2 heteroatoms. The zero-order valence-electron chi connectivity index (χ0n) is 8.11. The summed E-state index contributed by atoms with van der Waals surface area (Å²) in [5.41, 5.74) is 0.761. The van der Waals surface area contributed by atoms with Crippen molar-refractivity contribution in [2.24, 2.45) is 5.92 Å². The summed E-state index contributed by atoms with van der Waals surface area (Å²) in [6.45, 7) is 0. The monoisotopic (exact) mass is 206 g/mol. The molecule has 1 aliphatic carbocycles. The van der Waals surface area contributed by atoms with Crippen LogP contribution in [0.5, 0.6) is 0 Å². The zero-order chi connectivity index (χ0) is 9.80. The summed E-state index contributed by atoms with van der Waals surface area (Å²) < 4.78 is 0. The maximum absolute atomic E-state index is 10.4. The van der Waals surface area contributed by atoms with Crippen molar-refractivity contribution in [3.63, 3.8) is 0 Å². The van der Waals surface area contributed by atoms with Crippen LogP contribution in [0.4, 0.5) is 0 Å². The molecule has 0 N–H and O–H groups in total. The molecular weight excluding hydrogens is 192 g/mol. The van der Waals surface area contributed by atoms with Crippen molar-refractivity contribution in [1.82, 2.24) is 0 Å². The first-order chi connectivity index (χ1) is 6.88. The lowest BCUT2D eigenvalue weighted by molar-refractivity contribution is 0.112. The van der Waals surface area contributed by atoms with Gasteiger partial charge in [-0.15, -0.1) is 11.8 Å². The molecule has 1 fully saturated rings. The predicted octanol–water partition coefficient (Wildman–Crippen LogP) is 3.39. The van der Waals surface area contributed by atoms with Crippen LogP contribution < -0.4 is 0 Å². The van der Waals surface area contributed by atoms with Gasteiger partial charge < -0.3 is 0 Å². The van der Waals surface area contributed by atoms with Crippen LogP contribution >= 0.6 is 11.8 Å². The number of rotatable bonds is 5. The molecule has 14 heavy (non-hydrogen) atoms. The molecule has 0 unspecified atom stereocenters. The topological polar surface area (TPSA) is 17.1 Å². The molecular formula is C12H14OS. The Morgan fingerprint density at radius 1 is 1.29 bits per heavy atom. The second-order valence-electron chi connectivity index (χ2n) is 3.77. The van der Waals surface area contributed by atoms with Crippen molar-refractivity contribution >= 4 is 18.0 Å². The van der Waals surface area contributed by atoms with E-state index in [4.69, 9.17) is 0 Å². The molecule has 0 heterocycles. The summed E-state index contributed by atoms with van der Waals surface area (Å²) in [7, 11) is 0. The van der Waals surface area contributed by atoms with Crippen LogP contribution in [0.25, 0.3) is 0 Å². The Morgan fingerprint density at radius 2 is 2.00 bits per heavy atom. The molecule has 1 nitrogen and oxygen atoms in total. The lowest BCUT2D eigenvalue weighted by atomic mass is 10.2. The third kappa shape index (κ3) is 2.88. The molecule has 0 radical (unpaired) electrons. The predicted molar refractivity (Wildman–Crippen MR) is 59.9 cm³/mol. The van der Waals surface area contributed by atoms with Gasteiger partial charge in [-0.05, 0) is 30.2 Å². The van der Waals surface area contributed by atoms with Gasteiger partial charge in [-0.3, -0.25) is 4.79 Å². The van der Waals surface area contributed by atoms with Crippen molar-refractivity contribution < 1.29 is 4.79 Å². The van der Waals surface area contributed by atoms with Gasteiger partial charge in [0.15, 0.2) is 0 Å². The maximum atomic E-state index is 10.4. The Bertz CT molecular complexity index is 301. The fraction of sp³-hybridized carbons (Fsp3) is 0.417. The number of carbonyl (C=O) groups excluding carboxylic acids is 1. The van der Waals surface area contributed by atoms with Gasteiger partial charge in [0.1, 0.15) is 6.29 Å². The van der Waals surface area contributed by atoms with E-state index in [-0.39, 0.29) is 0 Å². The van der Waals surface area contributed by atoms with Crippen LogP contribution in [-0.2, 0) is 0 Å². The van der Waals surface area contributed by atoms with E-state index in [1.807, 2.05) is 36.0 Å². The van der Waals surface area contributed by atoms with E-state index in [2.05, 4.69) is 0 Å². The van der Waals surface area contributed by atoms with E-state index in [1.54, 1.807) is 0 Å². The molecule has 0 amide bonds. The number of benzene rings is 1.